The zero-order valence-electron chi connectivity index (χ0n) is 15.5. The molecule has 0 amide bonds. The number of nitrogens with zero attached hydrogens (tertiary/aromatic N) is 2. The third kappa shape index (κ3) is 4.07. The zero-order valence-corrected chi connectivity index (χ0v) is 16.3. The van der Waals surface area contributed by atoms with E-state index in [0.717, 1.165) is 46.0 Å². The van der Waals surface area contributed by atoms with Crippen molar-refractivity contribution in [2.75, 3.05) is 19.0 Å². The summed E-state index contributed by atoms with van der Waals surface area (Å²) in [5.74, 6) is 2.34. The van der Waals surface area contributed by atoms with Crippen molar-refractivity contribution in [3.8, 4) is 17.1 Å². The first-order valence-corrected chi connectivity index (χ1v) is 9.50. The van der Waals surface area contributed by atoms with Gasteiger partial charge in [-0.2, -0.15) is 0 Å². The summed E-state index contributed by atoms with van der Waals surface area (Å²) in [7, 11) is 1.66. The Hall–Kier alpha value is -3.11. The highest BCUT2D eigenvalue weighted by Gasteiger charge is 2.09. The third-order valence-corrected chi connectivity index (χ3v) is 4.82. The van der Waals surface area contributed by atoms with Gasteiger partial charge >= 0.3 is 0 Å². The van der Waals surface area contributed by atoms with Gasteiger partial charge in [0.25, 0.3) is 0 Å². The molecule has 0 unspecified atom stereocenters. The first-order valence-electron chi connectivity index (χ1n) is 9.12. The number of rotatable bonds is 6. The average molecular weight is 390 g/mol. The molecular formula is C23H20ClN3O. The number of ether oxygens (including phenoxy) is 1. The molecule has 0 spiro atoms. The van der Waals surface area contributed by atoms with Crippen molar-refractivity contribution in [3.05, 3.63) is 83.4 Å². The number of methoxy groups -OCH3 is 1. The molecule has 4 aromatic rings. The van der Waals surface area contributed by atoms with Gasteiger partial charge in [0.1, 0.15) is 11.6 Å². The van der Waals surface area contributed by atoms with Gasteiger partial charge in [-0.25, -0.2) is 9.97 Å². The lowest BCUT2D eigenvalue weighted by Crippen LogP contribution is -2.08. The number of aromatic nitrogens is 2. The van der Waals surface area contributed by atoms with Crippen molar-refractivity contribution < 1.29 is 4.74 Å². The highest BCUT2D eigenvalue weighted by molar-refractivity contribution is 6.30. The Balaban J connectivity index is 1.61. The molecule has 0 bridgehead atoms. The van der Waals surface area contributed by atoms with E-state index in [1.165, 1.54) is 5.56 Å². The van der Waals surface area contributed by atoms with E-state index in [1.807, 2.05) is 72.8 Å². The van der Waals surface area contributed by atoms with Gasteiger partial charge in [-0.1, -0.05) is 35.9 Å². The number of hydrogen-bond donors (Lipinski definition) is 1. The van der Waals surface area contributed by atoms with Crippen LogP contribution in [0, 0.1) is 0 Å². The van der Waals surface area contributed by atoms with E-state index in [4.69, 9.17) is 26.3 Å². The molecule has 1 heterocycles. The molecule has 5 heteroatoms. The van der Waals surface area contributed by atoms with E-state index in [2.05, 4.69) is 5.32 Å². The molecule has 0 fully saturated rings. The third-order valence-electron chi connectivity index (χ3n) is 4.57. The normalized spacial score (nSPS) is 10.8. The molecule has 0 aliphatic heterocycles. The maximum atomic E-state index is 5.96. The number of anilines is 1. The van der Waals surface area contributed by atoms with E-state index in [-0.39, 0.29) is 0 Å². The summed E-state index contributed by atoms with van der Waals surface area (Å²) in [6, 6.07) is 23.7. The molecule has 0 saturated carbocycles. The van der Waals surface area contributed by atoms with Crippen LogP contribution in [-0.2, 0) is 6.42 Å². The van der Waals surface area contributed by atoms with Crippen LogP contribution in [-0.4, -0.2) is 23.6 Å². The Labute approximate surface area is 169 Å². The molecule has 28 heavy (non-hydrogen) atoms. The molecule has 0 atom stereocenters. The Bertz CT molecular complexity index is 1080. The van der Waals surface area contributed by atoms with Crippen LogP contribution in [0.1, 0.15) is 5.56 Å². The molecule has 140 valence electrons. The van der Waals surface area contributed by atoms with Gasteiger partial charge in [0.2, 0.25) is 0 Å². The minimum absolute atomic E-state index is 0.690. The van der Waals surface area contributed by atoms with Gasteiger partial charge in [0.15, 0.2) is 5.82 Å². The summed E-state index contributed by atoms with van der Waals surface area (Å²) in [5.41, 5.74) is 3.09. The van der Waals surface area contributed by atoms with Crippen LogP contribution >= 0.6 is 11.6 Å². The number of halogens is 1. The van der Waals surface area contributed by atoms with Gasteiger partial charge in [-0.15, -0.1) is 0 Å². The standard InChI is InChI=1S/C23H20ClN3O/c1-28-19-12-8-17(9-13-19)22-26-21-5-3-2-4-20(21)23(27-22)25-15-14-16-6-10-18(24)11-7-16/h2-13H,14-15H2,1H3,(H,25,26,27). The van der Waals surface area contributed by atoms with Crippen LogP contribution in [0.2, 0.25) is 5.02 Å². The highest BCUT2D eigenvalue weighted by Crippen LogP contribution is 2.26. The summed E-state index contributed by atoms with van der Waals surface area (Å²) in [5, 5.41) is 5.24. The van der Waals surface area contributed by atoms with Crippen LogP contribution in [0.25, 0.3) is 22.3 Å². The van der Waals surface area contributed by atoms with Crippen molar-refractivity contribution in [2.45, 2.75) is 6.42 Å². The van der Waals surface area contributed by atoms with Gasteiger partial charge in [-0.3, -0.25) is 0 Å². The fourth-order valence-corrected chi connectivity index (χ4v) is 3.18. The molecule has 0 aliphatic rings. The van der Waals surface area contributed by atoms with E-state index in [0.29, 0.717) is 5.82 Å². The van der Waals surface area contributed by atoms with Crippen LogP contribution in [0.4, 0.5) is 5.82 Å². The topological polar surface area (TPSA) is 47.0 Å². The zero-order chi connectivity index (χ0) is 19.3. The first kappa shape index (κ1) is 18.3. The second kappa shape index (κ2) is 8.28. The quantitative estimate of drug-likeness (QED) is 0.465. The van der Waals surface area contributed by atoms with Crippen molar-refractivity contribution in [3.63, 3.8) is 0 Å². The van der Waals surface area contributed by atoms with E-state index in [1.54, 1.807) is 7.11 Å². The lowest BCUT2D eigenvalue weighted by molar-refractivity contribution is 0.415. The summed E-state index contributed by atoms with van der Waals surface area (Å²) in [6.07, 6.45) is 0.882. The molecule has 4 rings (SSSR count). The average Bonchev–Trinajstić information content (AvgIpc) is 2.75. The summed E-state index contributed by atoms with van der Waals surface area (Å²) in [6.45, 7) is 0.769. The lowest BCUT2D eigenvalue weighted by atomic mass is 10.1. The minimum Gasteiger partial charge on any atom is -0.497 e. The first-order chi connectivity index (χ1) is 13.7. The Morgan fingerprint density at radius 2 is 1.64 bits per heavy atom. The van der Waals surface area contributed by atoms with Gasteiger partial charge in [0, 0.05) is 22.5 Å². The predicted molar refractivity (Wildman–Crippen MR) is 115 cm³/mol. The van der Waals surface area contributed by atoms with Gasteiger partial charge in [0.05, 0.1) is 12.6 Å². The molecule has 1 aromatic heterocycles. The Morgan fingerprint density at radius 3 is 2.39 bits per heavy atom. The molecular weight excluding hydrogens is 370 g/mol. The Morgan fingerprint density at radius 1 is 0.893 bits per heavy atom. The van der Waals surface area contributed by atoms with E-state index < -0.39 is 0 Å². The molecule has 1 N–H and O–H groups in total. The number of benzene rings is 3. The van der Waals surface area contributed by atoms with Crippen molar-refractivity contribution >= 4 is 28.3 Å². The lowest BCUT2D eigenvalue weighted by Gasteiger charge is -2.11. The maximum absolute atomic E-state index is 5.96. The Kier molecular flexibility index (Phi) is 5.40. The SMILES string of the molecule is COc1ccc(-c2nc(NCCc3ccc(Cl)cc3)c3ccccc3n2)cc1. The molecule has 0 aliphatic carbocycles. The van der Waals surface area contributed by atoms with Crippen LogP contribution < -0.4 is 10.1 Å². The molecule has 0 saturated heterocycles. The molecule has 0 radical (unpaired) electrons. The maximum Gasteiger partial charge on any atom is 0.162 e. The summed E-state index contributed by atoms with van der Waals surface area (Å²) >= 11 is 5.96. The van der Waals surface area contributed by atoms with Crippen molar-refractivity contribution in [1.29, 1.82) is 0 Å². The van der Waals surface area contributed by atoms with Crippen molar-refractivity contribution in [1.82, 2.24) is 9.97 Å². The monoisotopic (exact) mass is 389 g/mol. The predicted octanol–water partition coefficient (Wildman–Crippen LogP) is 5.61. The second-order valence-corrected chi connectivity index (χ2v) is 6.88. The van der Waals surface area contributed by atoms with E-state index >= 15 is 0 Å². The minimum atomic E-state index is 0.690. The number of hydrogen-bond acceptors (Lipinski definition) is 4. The summed E-state index contributed by atoms with van der Waals surface area (Å²) in [4.78, 5) is 9.52. The fraction of sp³-hybridized carbons (Fsp3) is 0.130. The van der Waals surface area contributed by atoms with Crippen LogP contribution in [0.15, 0.2) is 72.8 Å². The van der Waals surface area contributed by atoms with Gasteiger partial charge < -0.3 is 10.1 Å². The van der Waals surface area contributed by atoms with E-state index in [9.17, 15) is 0 Å². The summed E-state index contributed by atoms with van der Waals surface area (Å²) < 4.78 is 5.24. The molecule has 3 aromatic carbocycles. The highest BCUT2D eigenvalue weighted by atomic mass is 35.5. The van der Waals surface area contributed by atoms with Crippen LogP contribution in [0.5, 0.6) is 5.75 Å². The largest absolute Gasteiger partial charge is 0.497 e. The van der Waals surface area contributed by atoms with Crippen LogP contribution in [0.3, 0.4) is 0 Å². The van der Waals surface area contributed by atoms with Crippen molar-refractivity contribution in [2.24, 2.45) is 0 Å². The number of fused-ring (bicyclic) bond motifs is 1. The van der Waals surface area contributed by atoms with Gasteiger partial charge in [-0.05, 0) is 60.5 Å². The smallest absolute Gasteiger partial charge is 0.162 e. The number of para-hydroxylation sites is 1. The second-order valence-electron chi connectivity index (χ2n) is 6.44. The molecule has 4 nitrogen and oxygen atoms in total. The fourth-order valence-electron chi connectivity index (χ4n) is 3.06. The number of nitrogens with one attached hydrogen (secondary N) is 1.